The highest BCUT2D eigenvalue weighted by Crippen LogP contribution is 2.35. The molecule has 0 aliphatic carbocycles. The van der Waals surface area contributed by atoms with Crippen LogP contribution < -0.4 is 16.8 Å². The maximum atomic E-state index is 10.8. The largest absolute Gasteiger partial charge is 0.508 e. The van der Waals surface area contributed by atoms with Gasteiger partial charge in [-0.3, -0.25) is 9.78 Å². The first kappa shape index (κ1) is 29.9. The molecule has 8 nitrogen and oxygen atoms in total. The van der Waals surface area contributed by atoms with E-state index >= 15 is 0 Å². The minimum Gasteiger partial charge on any atom is -0.508 e. The van der Waals surface area contributed by atoms with Gasteiger partial charge in [0, 0.05) is 43.5 Å². The number of hydrogen-bond donors (Lipinski definition) is 4. The van der Waals surface area contributed by atoms with Crippen LogP contribution in [-0.2, 0) is 17.8 Å². The lowest BCUT2D eigenvalue weighted by Crippen LogP contribution is -2.18. The molecule has 1 aromatic carbocycles. The topological polar surface area (TPSA) is 151 Å². The van der Waals surface area contributed by atoms with Gasteiger partial charge in [0.25, 0.3) is 0 Å². The van der Waals surface area contributed by atoms with Crippen LogP contribution in [0.1, 0.15) is 37.5 Å². The normalized spacial score (nSPS) is 10.2. The zero-order chi connectivity index (χ0) is 27.3. The Labute approximate surface area is 207 Å². The number of nitriles is 1. The third-order valence-electron chi connectivity index (χ3n) is 4.61. The van der Waals surface area contributed by atoms with Crippen molar-refractivity contribution in [2.75, 3.05) is 17.6 Å². The summed E-state index contributed by atoms with van der Waals surface area (Å²) < 4.78 is 32.5. The molecule has 2 heterocycles. The van der Waals surface area contributed by atoms with Gasteiger partial charge in [0.15, 0.2) is 0 Å². The molecular formula is C25H29F3N6O2. The Morgan fingerprint density at radius 3 is 2.39 bits per heavy atom. The van der Waals surface area contributed by atoms with E-state index in [-0.39, 0.29) is 18.1 Å². The zero-order valence-electron chi connectivity index (χ0n) is 20.2. The van der Waals surface area contributed by atoms with Crippen LogP contribution in [0.5, 0.6) is 5.75 Å². The molecule has 0 amide bonds. The van der Waals surface area contributed by atoms with Crippen LogP contribution >= 0.6 is 0 Å². The van der Waals surface area contributed by atoms with E-state index in [1.54, 1.807) is 36.7 Å². The lowest BCUT2D eigenvalue weighted by Gasteiger charge is -2.17. The van der Waals surface area contributed by atoms with Gasteiger partial charge in [-0.2, -0.15) is 18.4 Å². The Hall–Kier alpha value is -4.17. The molecule has 2 aromatic heterocycles. The van der Waals surface area contributed by atoms with Crippen molar-refractivity contribution in [3.8, 4) is 22.9 Å². The predicted octanol–water partition coefficient (Wildman–Crippen LogP) is 4.58. The number of Topliss-reactive ketones (excluding diaryl/α,β-unsaturated/α-hetero) is 1. The van der Waals surface area contributed by atoms with Gasteiger partial charge in [0.05, 0.1) is 0 Å². The van der Waals surface area contributed by atoms with Gasteiger partial charge in [0.2, 0.25) is 5.78 Å². The lowest BCUT2D eigenvalue weighted by molar-refractivity contribution is -0.168. The molecule has 6 N–H and O–H groups in total. The third kappa shape index (κ3) is 8.56. The molecule has 0 aliphatic rings. The summed E-state index contributed by atoms with van der Waals surface area (Å²) in [7, 11) is 0. The van der Waals surface area contributed by atoms with E-state index in [4.69, 9.17) is 11.5 Å². The number of anilines is 2. The van der Waals surface area contributed by atoms with Crippen molar-refractivity contribution in [3.05, 3.63) is 65.5 Å². The number of nitrogens with one attached hydrogen (secondary N) is 1. The second-order valence-electron chi connectivity index (χ2n) is 7.03. The summed E-state index contributed by atoms with van der Waals surface area (Å²) in [5.74, 6) is -0.999. The van der Waals surface area contributed by atoms with Crippen LogP contribution in [0.3, 0.4) is 0 Å². The highest BCUT2D eigenvalue weighted by molar-refractivity contribution is 5.83. The van der Waals surface area contributed by atoms with E-state index in [9.17, 15) is 28.3 Å². The number of nitrogens with zero attached hydrogens (tertiary/aromatic N) is 3. The molecule has 0 spiro atoms. The predicted molar refractivity (Wildman–Crippen MR) is 133 cm³/mol. The highest BCUT2D eigenvalue weighted by atomic mass is 19.4. The average Bonchev–Trinajstić information content (AvgIpc) is 2.85. The summed E-state index contributed by atoms with van der Waals surface area (Å²) in [6.45, 7) is 5.18. The van der Waals surface area contributed by atoms with Gasteiger partial charge in [0.1, 0.15) is 29.0 Å². The number of ketones is 1. The van der Waals surface area contributed by atoms with Gasteiger partial charge in [-0.05, 0) is 35.7 Å². The number of carbonyl (C=O) groups is 1. The quantitative estimate of drug-likeness (QED) is 0.382. The number of rotatable bonds is 6. The van der Waals surface area contributed by atoms with Gasteiger partial charge in [-0.1, -0.05) is 32.0 Å². The number of phenols is 1. The summed E-state index contributed by atoms with van der Waals surface area (Å²) in [5.41, 5.74) is 15.2. The van der Waals surface area contributed by atoms with E-state index < -0.39 is 12.0 Å². The summed E-state index contributed by atoms with van der Waals surface area (Å²) in [5, 5.41) is 22.8. The second-order valence-corrected chi connectivity index (χ2v) is 7.03. The Morgan fingerprint density at radius 2 is 1.89 bits per heavy atom. The number of carbonyl (C=O) groups excluding carboxylic acids is 1. The molecule has 0 radical (unpaired) electrons. The van der Waals surface area contributed by atoms with E-state index in [1.165, 1.54) is 0 Å². The van der Waals surface area contributed by atoms with E-state index in [0.29, 0.717) is 41.5 Å². The van der Waals surface area contributed by atoms with Crippen molar-refractivity contribution < 1.29 is 23.1 Å². The summed E-state index contributed by atoms with van der Waals surface area (Å²) >= 11 is 0. The maximum Gasteiger partial charge on any atom is 0.449 e. The molecule has 3 aromatic rings. The smallest absolute Gasteiger partial charge is 0.449 e. The zero-order valence-corrected chi connectivity index (χ0v) is 20.2. The van der Waals surface area contributed by atoms with Gasteiger partial charge in [-0.25, -0.2) is 4.98 Å². The van der Waals surface area contributed by atoms with Crippen LogP contribution in [0.15, 0.2) is 48.8 Å². The molecular weight excluding hydrogens is 473 g/mol. The van der Waals surface area contributed by atoms with Crippen LogP contribution in [-0.4, -0.2) is 33.6 Å². The fourth-order valence-corrected chi connectivity index (χ4v) is 2.94. The number of halogens is 3. The van der Waals surface area contributed by atoms with Crippen LogP contribution in [0.4, 0.5) is 24.8 Å². The summed E-state index contributed by atoms with van der Waals surface area (Å²) in [6, 6.07) is 12.7. The molecule has 0 saturated carbocycles. The maximum absolute atomic E-state index is 10.8. The Kier molecular flexibility index (Phi) is 11.8. The summed E-state index contributed by atoms with van der Waals surface area (Å²) in [4.78, 5) is 17.8. The average molecular weight is 503 g/mol. The Morgan fingerprint density at radius 1 is 1.22 bits per heavy atom. The first-order valence-corrected chi connectivity index (χ1v) is 11.0. The fourth-order valence-electron chi connectivity index (χ4n) is 2.94. The third-order valence-corrected chi connectivity index (χ3v) is 4.61. The molecule has 192 valence electrons. The van der Waals surface area contributed by atoms with Crippen molar-refractivity contribution in [2.45, 2.75) is 39.9 Å². The number of aromatic nitrogens is 2. The number of aromatic hydroxyl groups is 1. The minimum absolute atomic E-state index is 0.0980. The number of nitrogens with two attached hydrogens (primary N) is 2. The molecule has 36 heavy (non-hydrogen) atoms. The Balaban J connectivity index is 0.000000623. The van der Waals surface area contributed by atoms with Crippen molar-refractivity contribution >= 4 is 17.4 Å². The number of phenolic OH excluding ortho intramolecular Hbond substituents is 1. The van der Waals surface area contributed by atoms with E-state index in [1.807, 2.05) is 26.0 Å². The number of pyridine rings is 2. The van der Waals surface area contributed by atoms with Crippen LogP contribution in [0.2, 0.25) is 0 Å². The monoisotopic (exact) mass is 502 g/mol. The molecule has 0 atom stereocenters. The molecule has 11 heteroatoms. The first-order chi connectivity index (χ1) is 17.1. The second kappa shape index (κ2) is 14.3. The standard InChI is InChI=1S/C20H20N6O.C3H3F3O.C2H6/c21-10-16-18(14-4-1-5-15(27)9-14)17(11-22)20(26-19(16)23)25-8-6-13-3-2-7-24-12-13;1-2(7)3(4,5)6;1-2/h1-5,7,9,12,27H,6,8,10,21H2,(H3,23,25,26);1H3;1-2H3. The van der Waals surface area contributed by atoms with Crippen LogP contribution in [0, 0.1) is 11.3 Å². The SMILES string of the molecule is CC.CC(=O)C(F)(F)F.N#Cc1c(NCCc2cccnc2)nc(N)c(CN)c1-c1cccc(O)c1. The number of hydrogen-bond acceptors (Lipinski definition) is 8. The van der Waals surface area contributed by atoms with Crippen molar-refractivity contribution in [3.63, 3.8) is 0 Å². The molecule has 3 rings (SSSR count). The van der Waals surface area contributed by atoms with Crippen molar-refractivity contribution in [2.24, 2.45) is 5.73 Å². The highest BCUT2D eigenvalue weighted by Gasteiger charge is 2.33. The number of nitrogen functional groups attached to an aromatic ring is 1. The van der Waals surface area contributed by atoms with Gasteiger partial charge >= 0.3 is 6.18 Å². The van der Waals surface area contributed by atoms with Crippen molar-refractivity contribution in [1.82, 2.24) is 9.97 Å². The molecule has 0 saturated heterocycles. The fraction of sp³-hybridized carbons (Fsp3) is 0.280. The molecule has 0 fully saturated rings. The minimum atomic E-state index is -4.64. The molecule has 0 aliphatic heterocycles. The number of alkyl halides is 3. The van der Waals surface area contributed by atoms with Gasteiger partial charge in [-0.15, -0.1) is 0 Å². The number of benzene rings is 1. The van der Waals surface area contributed by atoms with Crippen LogP contribution in [0.25, 0.3) is 11.1 Å². The van der Waals surface area contributed by atoms with Crippen molar-refractivity contribution in [1.29, 1.82) is 5.26 Å². The molecule has 0 unspecified atom stereocenters. The molecule has 0 bridgehead atoms. The summed E-state index contributed by atoms with van der Waals surface area (Å²) in [6.07, 6.45) is -0.398. The van der Waals surface area contributed by atoms with Gasteiger partial charge < -0.3 is 21.9 Å². The Bertz CT molecular complexity index is 1180. The van der Waals surface area contributed by atoms with E-state index in [0.717, 1.165) is 12.0 Å². The lowest BCUT2D eigenvalue weighted by atomic mass is 9.95. The van der Waals surface area contributed by atoms with E-state index in [2.05, 4.69) is 21.4 Å². The first-order valence-electron chi connectivity index (χ1n) is 11.0.